The van der Waals surface area contributed by atoms with Gasteiger partial charge in [-0.2, -0.15) is 0 Å². The molecule has 2 rings (SSSR count). The lowest BCUT2D eigenvalue weighted by atomic mass is 10.2. The summed E-state index contributed by atoms with van der Waals surface area (Å²) in [4.78, 5) is 4.55. The Morgan fingerprint density at radius 1 is 1.35 bits per heavy atom. The molecule has 0 aliphatic heterocycles. The number of aromatic nitrogens is 1. The molecule has 108 valence electrons. The Kier molecular flexibility index (Phi) is 4.87. The maximum absolute atomic E-state index is 12.2. The zero-order valence-corrected chi connectivity index (χ0v) is 12.8. The Labute approximate surface area is 122 Å². The molecule has 1 aromatic carbocycles. The fourth-order valence-electron chi connectivity index (χ4n) is 1.85. The van der Waals surface area contributed by atoms with Crippen LogP contribution >= 0.6 is 11.3 Å². The molecule has 0 amide bonds. The number of benzene rings is 1. The second kappa shape index (κ2) is 6.45. The quantitative estimate of drug-likeness (QED) is 0.845. The minimum atomic E-state index is -3.52. The molecule has 7 heteroatoms. The summed E-state index contributed by atoms with van der Waals surface area (Å²) in [6.45, 7) is 2.45. The van der Waals surface area contributed by atoms with E-state index in [2.05, 4.69) is 9.71 Å². The summed E-state index contributed by atoms with van der Waals surface area (Å²) in [5.74, 6) is 0. The molecule has 0 aliphatic carbocycles. The van der Waals surface area contributed by atoms with E-state index in [4.69, 9.17) is 5.73 Å². The zero-order chi connectivity index (χ0) is 14.6. The summed E-state index contributed by atoms with van der Waals surface area (Å²) in [7, 11) is -3.52. The van der Waals surface area contributed by atoms with Crippen LogP contribution in [0.5, 0.6) is 0 Å². The van der Waals surface area contributed by atoms with Crippen LogP contribution in [-0.2, 0) is 23.0 Å². The number of hydrogen-bond acceptors (Lipinski definition) is 5. The molecule has 20 heavy (non-hydrogen) atoms. The number of nitrogens with zero attached hydrogens (tertiary/aromatic N) is 1. The molecule has 0 fully saturated rings. The first kappa shape index (κ1) is 15.1. The van der Waals surface area contributed by atoms with Gasteiger partial charge in [-0.3, -0.25) is 0 Å². The number of hydrogen-bond donors (Lipinski definition) is 2. The molecule has 0 unspecified atom stereocenters. The lowest BCUT2D eigenvalue weighted by molar-refractivity contribution is 0.580. The molecule has 0 saturated carbocycles. The van der Waals surface area contributed by atoms with Crippen LogP contribution in [0.1, 0.15) is 16.3 Å². The van der Waals surface area contributed by atoms with E-state index in [0.717, 1.165) is 10.7 Å². The Balaban J connectivity index is 2.04. The summed E-state index contributed by atoms with van der Waals surface area (Å²) in [6.07, 6.45) is 0.578. The van der Waals surface area contributed by atoms with Crippen LogP contribution < -0.4 is 10.5 Å². The van der Waals surface area contributed by atoms with Gasteiger partial charge in [0.2, 0.25) is 10.0 Å². The Bertz CT molecular complexity index is 680. The van der Waals surface area contributed by atoms with E-state index in [1.54, 1.807) is 35.6 Å². The topological polar surface area (TPSA) is 85.1 Å². The highest BCUT2D eigenvalue weighted by Crippen LogP contribution is 2.14. The van der Waals surface area contributed by atoms with Crippen LogP contribution in [0.4, 0.5) is 0 Å². The van der Waals surface area contributed by atoms with Gasteiger partial charge in [0.25, 0.3) is 0 Å². The summed E-state index contributed by atoms with van der Waals surface area (Å²) in [5.41, 5.74) is 7.09. The maximum atomic E-state index is 12.2. The average Bonchev–Trinajstić information content (AvgIpc) is 2.84. The molecular weight excluding hydrogens is 294 g/mol. The fourth-order valence-corrected chi connectivity index (χ4v) is 3.78. The number of nitrogens with one attached hydrogen (secondary N) is 1. The third-order valence-corrected chi connectivity index (χ3v) is 5.21. The highest BCUT2D eigenvalue weighted by atomic mass is 32.2. The van der Waals surface area contributed by atoms with Crippen molar-refractivity contribution in [1.82, 2.24) is 9.71 Å². The Morgan fingerprint density at radius 2 is 2.10 bits per heavy atom. The van der Waals surface area contributed by atoms with Gasteiger partial charge in [0.05, 0.1) is 15.6 Å². The lowest BCUT2D eigenvalue weighted by Crippen LogP contribution is -2.27. The second-order valence-electron chi connectivity index (χ2n) is 4.32. The van der Waals surface area contributed by atoms with Crippen molar-refractivity contribution in [3.05, 3.63) is 45.9 Å². The SMILES string of the molecule is Cc1nc(CCNS(=O)(=O)c2ccccc2CN)cs1. The zero-order valence-electron chi connectivity index (χ0n) is 11.2. The van der Waals surface area contributed by atoms with Crippen molar-refractivity contribution in [2.45, 2.75) is 24.8 Å². The number of thiazole rings is 1. The van der Waals surface area contributed by atoms with Crippen molar-refractivity contribution in [3.63, 3.8) is 0 Å². The van der Waals surface area contributed by atoms with Crippen molar-refractivity contribution < 1.29 is 8.42 Å². The predicted octanol–water partition coefficient (Wildman–Crippen LogP) is 1.43. The van der Waals surface area contributed by atoms with Crippen LogP contribution in [-0.4, -0.2) is 19.9 Å². The smallest absolute Gasteiger partial charge is 0.240 e. The number of nitrogens with two attached hydrogens (primary N) is 1. The predicted molar refractivity (Wildman–Crippen MR) is 80.1 cm³/mol. The molecule has 2 aromatic rings. The number of rotatable bonds is 6. The molecule has 5 nitrogen and oxygen atoms in total. The molecule has 3 N–H and O–H groups in total. The summed E-state index contributed by atoms with van der Waals surface area (Å²) < 4.78 is 27.0. The van der Waals surface area contributed by atoms with Gasteiger partial charge in [-0.25, -0.2) is 18.1 Å². The first-order valence-corrected chi connectivity index (χ1v) is 8.58. The van der Waals surface area contributed by atoms with E-state index in [9.17, 15) is 8.42 Å². The molecule has 0 saturated heterocycles. The molecular formula is C13H17N3O2S2. The largest absolute Gasteiger partial charge is 0.326 e. The van der Waals surface area contributed by atoms with Gasteiger partial charge in [-0.05, 0) is 18.6 Å². The van der Waals surface area contributed by atoms with Gasteiger partial charge >= 0.3 is 0 Å². The van der Waals surface area contributed by atoms with Gasteiger partial charge in [0.15, 0.2) is 0 Å². The van der Waals surface area contributed by atoms with Crippen molar-refractivity contribution in [2.75, 3.05) is 6.54 Å². The summed E-state index contributed by atoms with van der Waals surface area (Å²) >= 11 is 1.56. The summed E-state index contributed by atoms with van der Waals surface area (Å²) in [6, 6.07) is 6.76. The molecule has 0 bridgehead atoms. The van der Waals surface area contributed by atoms with E-state index in [-0.39, 0.29) is 11.4 Å². The van der Waals surface area contributed by atoms with Crippen LogP contribution in [0.15, 0.2) is 34.5 Å². The minimum absolute atomic E-state index is 0.197. The monoisotopic (exact) mass is 311 g/mol. The first-order valence-electron chi connectivity index (χ1n) is 6.21. The maximum Gasteiger partial charge on any atom is 0.240 e. The molecule has 0 radical (unpaired) electrons. The lowest BCUT2D eigenvalue weighted by Gasteiger charge is -2.09. The Morgan fingerprint density at radius 3 is 2.75 bits per heavy atom. The van der Waals surface area contributed by atoms with Crippen molar-refractivity contribution in [3.8, 4) is 0 Å². The van der Waals surface area contributed by atoms with Crippen LogP contribution in [0, 0.1) is 6.92 Å². The minimum Gasteiger partial charge on any atom is -0.326 e. The van der Waals surface area contributed by atoms with E-state index in [0.29, 0.717) is 18.5 Å². The van der Waals surface area contributed by atoms with E-state index in [1.165, 1.54) is 0 Å². The van der Waals surface area contributed by atoms with Crippen LogP contribution in [0.3, 0.4) is 0 Å². The third kappa shape index (κ3) is 3.63. The molecule has 1 aromatic heterocycles. The standard InChI is InChI=1S/C13H17N3O2S2/c1-10-16-12(9-19-10)6-7-15-20(17,18)13-5-3-2-4-11(13)8-14/h2-5,9,15H,6-8,14H2,1H3. The molecule has 0 atom stereocenters. The van der Waals surface area contributed by atoms with Crippen molar-refractivity contribution in [2.24, 2.45) is 5.73 Å². The van der Waals surface area contributed by atoms with Crippen molar-refractivity contribution in [1.29, 1.82) is 0 Å². The van der Waals surface area contributed by atoms with E-state index < -0.39 is 10.0 Å². The number of aryl methyl sites for hydroxylation is 1. The highest BCUT2D eigenvalue weighted by molar-refractivity contribution is 7.89. The molecule has 0 aliphatic rings. The van der Waals surface area contributed by atoms with Gasteiger partial charge in [0, 0.05) is 24.9 Å². The van der Waals surface area contributed by atoms with Crippen molar-refractivity contribution >= 4 is 21.4 Å². The van der Waals surface area contributed by atoms with E-state index >= 15 is 0 Å². The van der Waals surface area contributed by atoms with Crippen LogP contribution in [0.25, 0.3) is 0 Å². The van der Waals surface area contributed by atoms with Gasteiger partial charge in [0.1, 0.15) is 0 Å². The van der Waals surface area contributed by atoms with E-state index in [1.807, 2.05) is 12.3 Å². The Hall–Kier alpha value is -1.28. The fraction of sp³-hybridized carbons (Fsp3) is 0.308. The van der Waals surface area contributed by atoms with Gasteiger partial charge in [-0.15, -0.1) is 11.3 Å². The second-order valence-corrected chi connectivity index (χ2v) is 7.12. The molecule has 0 spiro atoms. The average molecular weight is 311 g/mol. The number of sulfonamides is 1. The first-order chi connectivity index (χ1) is 9.53. The molecule has 1 heterocycles. The van der Waals surface area contributed by atoms with Gasteiger partial charge in [-0.1, -0.05) is 18.2 Å². The highest BCUT2D eigenvalue weighted by Gasteiger charge is 2.16. The summed E-state index contributed by atoms with van der Waals surface area (Å²) in [5, 5.41) is 2.92. The normalized spacial score (nSPS) is 11.7. The van der Waals surface area contributed by atoms with Gasteiger partial charge < -0.3 is 5.73 Å². The third-order valence-electron chi connectivity index (χ3n) is 2.82. The van der Waals surface area contributed by atoms with Crippen LogP contribution in [0.2, 0.25) is 0 Å².